The van der Waals surface area contributed by atoms with Crippen LogP contribution in [0.1, 0.15) is 68.2 Å². The topological polar surface area (TPSA) is 116 Å². The lowest BCUT2D eigenvalue weighted by Gasteiger charge is -2.07. The maximum atomic E-state index is 14.2. The molecule has 0 spiro atoms. The number of rotatable bonds is 8. The number of carbonyl (C=O) groups excluding carboxylic acids is 2. The number of nitrogens with zero attached hydrogens (tertiary/aromatic N) is 2. The van der Waals surface area contributed by atoms with Gasteiger partial charge in [-0.1, -0.05) is 68.4 Å². The van der Waals surface area contributed by atoms with Gasteiger partial charge >= 0.3 is 0 Å². The summed E-state index contributed by atoms with van der Waals surface area (Å²) in [6.07, 6.45) is 2.93. The molecule has 0 aliphatic carbocycles. The third kappa shape index (κ3) is 8.97. The Bertz CT molecular complexity index is 2690. The van der Waals surface area contributed by atoms with Gasteiger partial charge in [0.15, 0.2) is 0 Å². The Morgan fingerprint density at radius 2 is 1.11 bits per heavy atom. The number of fused-ring (bicyclic) bond motifs is 2. The lowest BCUT2D eigenvalue weighted by atomic mass is 10.0. The van der Waals surface area contributed by atoms with Crippen LogP contribution in [0, 0.1) is 32.4 Å². The van der Waals surface area contributed by atoms with Crippen LogP contribution >= 0.6 is 0 Å². The standard InChI is InChI=1S/C23H19FN2O.C22H19FN4O.C2H6.4H2/c1-15-19-13-16(14-25-23(27)17-7-3-2-4-8-17)11-12-21(19)26-22(15)18-9-5-6-10-20(18)24;1-13-17-9-15(10-25-22(28)18-11-24-12-26-14(18)2)7-8-20(17)27-21(13)16-5-3-4-6-19(16)23;1-2;;;;/h2-13,26H,14H2,1H3,(H,25,27);3-9,11-12,27H,10H2,1-2H3,(H,25,28);1-2H3;4*1H. The summed E-state index contributed by atoms with van der Waals surface area (Å²) in [6.45, 7) is 10.5. The Balaban J connectivity index is 0.000000380. The molecule has 8 aromatic rings. The van der Waals surface area contributed by atoms with Gasteiger partial charge < -0.3 is 20.6 Å². The van der Waals surface area contributed by atoms with Crippen LogP contribution in [0.4, 0.5) is 8.78 Å². The highest BCUT2D eigenvalue weighted by Crippen LogP contribution is 2.33. The maximum Gasteiger partial charge on any atom is 0.254 e. The van der Waals surface area contributed by atoms with E-state index in [1.54, 1.807) is 43.3 Å². The molecular formula is C47H52F2N6O2. The molecule has 0 aliphatic rings. The van der Waals surface area contributed by atoms with Gasteiger partial charge in [-0.15, -0.1) is 0 Å². The number of nitrogens with one attached hydrogen (secondary N) is 4. The fourth-order valence-corrected chi connectivity index (χ4v) is 6.60. The number of hydrogen-bond donors (Lipinski definition) is 4. The molecule has 0 saturated carbocycles. The molecule has 0 atom stereocenters. The van der Waals surface area contributed by atoms with E-state index in [0.29, 0.717) is 41.0 Å². The van der Waals surface area contributed by atoms with Crippen molar-refractivity contribution in [1.82, 2.24) is 30.6 Å². The van der Waals surface area contributed by atoms with Gasteiger partial charge in [0.2, 0.25) is 0 Å². The van der Waals surface area contributed by atoms with Crippen molar-refractivity contribution in [2.75, 3.05) is 0 Å². The van der Waals surface area contributed by atoms with Gasteiger partial charge in [0, 0.05) is 63.5 Å². The van der Waals surface area contributed by atoms with Gasteiger partial charge in [-0.05, 0) is 104 Å². The third-order valence-corrected chi connectivity index (χ3v) is 9.63. The first kappa shape index (κ1) is 39.7. The SMILES string of the molecule is CC.Cc1c(-c2ccccc2F)[nH]c2ccc(CNC(=O)c3ccccc3)cc12.Cc1ncncc1C(=O)NCc1ccc2[nH]c(-c3ccccc3F)c(C)c2c1.[HH].[HH].[HH].[HH]. The highest BCUT2D eigenvalue weighted by Gasteiger charge is 2.16. The zero-order valence-corrected chi connectivity index (χ0v) is 32.5. The van der Waals surface area contributed by atoms with Crippen molar-refractivity contribution in [2.45, 2.75) is 47.7 Å². The summed E-state index contributed by atoms with van der Waals surface area (Å²) in [5, 5.41) is 7.87. The predicted octanol–water partition coefficient (Wildman–Crippen LogP) is 11.5. The van der Waals surface area contributed by atoms with Crippen molar-refractivity contribution in [2.24, 2.45) is 0 Å². The molecule has 5 aromatic carbocycles. The number of amides is 2. The molecule has 2 amide bonds. The van der Waals surface area contributed by atoms with Crippen LogP contribution in [0.25, 0.3) is 44.3 Å². The van der Waals surface area contributed by atoms with Crippen molar-refractivity contribution in [3.05, 3.63) is 178 Å². The Hall–Kier alpha value is -6.94. The number of halogens is 2. The number of benzene rings is 5. The average Bonchev–Trinajstić information content (AvgIpc) is 3.75. The number of H-pyrrole nitrogens is 2. The van der Waals surface area contributed by atoms with Crippen molar-refractivity contribution >= 4 is 33.6 Å². The summed E-state index contributed by atoms with van der Waals surface area (Å²) >= 11 is 0. The van der Waals surface area contributed by atoms with Crippen LogP contribution in [0.15, 0.2) is 128 Å². The van der Waals surface area contributed by atoms with E-state index in [-0.39, 0.29) is 29.2 Å². The first-order valence-electron chi connectivity index (χ1n) is 18.8. The largest absolute Gasteiger partial charge is 0.354 e. The van der Waals surface area contributed by atoms with Gasteiger partial charge in [-0.3, -0.25) is 9.59 Å². The van der Waals surface area contributed by atoms with E-state index >= 15 is 0 Å². The quantitative estimate of drug-likeness (QED) is 0.123. The minimum absolute atomic E-state index is 0. The molecule has 3 heterocycles. The Kier molecular flexibility index (Phi) is 12.6. The van der Waals surface area contributed by atoms with Crippen molar-refractivity contribution in [3.63, 3.8) is 0 Å². The normalized spacial score (nSPS) is 10.6. The molecule has 4 N–H and O–H groups in total. The summed E-state index contributed by atoms with van der Waals surface area (Å²) in [7, 11) is 0. The molecule has 10 heteroatoms. The highest BCUT2D eigenvalue weighted by molar-refractivity contribution is 5.96. The first-order valence-corrected chi connectivity index (χ1v) is 18.8. The maximum absolute atomic E-state index is 14.2. The van der Waals surface area contributed by atoms with E-state index in [0.717, 1.165) is 55.4 Å². The molecule has 8 rings (SSSR count). The Morgan fingerprint density at radius 1 is 0.632 bits per heavy atom. The molecule has 0 radical (unpaired) electrons. The summed E-state index contributed by atoms with van der Waals surface area (Å²) in [6, 6.07) is 34.5. The molecular weight excluding hydrogens is 719 g/mol. The fourth-order valence-electron chi connectivity index (χ4n) is 6.60. The number of aromatic nitrogens is 4. The molecule has 8 nitrogen and oxygen atoms in total. The number of aromatic amines is 2. The lowest BCUT2D eigenvalue weighted by Crippen LogP contribution is -2.24. The van der Waals surface area contributed by atoms with E-state index in [2.05, 4.69) is 30.6 Å². The Morgan fingerprint density at radius 3 is 1.60 bits per heavy atom. The minimum Gasteiger partial charge on any atom is -0.354 e. The second-order valence-corrected chi connectivity index (χ2v) is 13.2. The van der Waals surface area contributed by atoms with Gasteiger partial charge in [-0.25, -0.2) is 18.7 Å². The van der Waals surface area contributed by atoms with Crippen LogP contribution in [0.3, 0.4) is 0 Å². The van der Waals surface area contributed by atoms with Crippen molar-refractivity contribution in [1.29, 1.82) is 0 Å². The minimum atomic E-state index is -0.259. The zero-order chi connectivity index (χ0) is 40.5. The highest BCUT2D eigenvalue weighted by atomic mass is 19.1. The molecule has 0 saturated heterocycles. The zero-order valence-electron chi connectivity index (χ0n) is 32.5. The lowest BCUT2D eigenvalue weighted by molar-refractivity contribution is 0.0942. The second kappa shape index (κ2) is 18.1. The summed E-state index contributed by atoms with van der Waals surface area (Å²) in [5.41, 5.74) is 10.2. The van der Waals surface area contributed by atoms with Gasteiger partial charge in [0.05, 0.1) is 22.6 Å². The molecule has 0 unspecified atom stereocenters. The third-order valence-electron chi connectivity index (χ3n) is 9.63. The van der Waals surface area contributed by atoms with Gasteiger partial charge in [0.25, 0.3) is 11.8 Å². The second-order valence-electron chi connectivity index (χ2n) is 13.2. The predicted molar refractivity (Wildman–Crippen MR) is 232 cm³/mol. The summed E-state index contributed by atoms with van der Waals surface area (Å²) in [5.74, 6) is -0.822. The van der Waals surface area contributed by atoms with Crippen LogP contribution < -0.4 is 10.6 Å². The molecule has 0 fully saturated rings. The van der Waals surface area contributed by atoms with E-state index < -0.39 is 0 Å². The van der Waals surface area contributed by atoms with Gasteiger partial charge in [0.1, 0.15) is 18.0 Å². The van der Waals surface area contributed by atoms with Crippen molar-refractivity contribution in [3.8, 4) is 22.5 Å². The first-order chi connectivity index (χ1) is 27.7. The molecule has 3 aromatic heterocycles. The van der Waals surface area contributed by atoms with E-state index in [1.165, 1.54) is 24.7 Å². The molecule has 0 aliphatic heterocycles. The van der Waals surface area contributed by atoms with E-state index in [9.17, 15) is 18.4 Å². The number of carbonyl (C=O) groups is 2. The Labute approximate surface area is 336 Å². The molecule has 296 valence electrons. The smallest absolute Gasteiger partial charge is 0.254 e. The number of aryl methyl sites for hydroxylation is 3. The van der Waals surface area contributed by atoms with Crippen LogP contribution in [0.5, 0.6) is 0 Å². The van der Waals surface area contributed by atoms with Gasteiger partial charge in [-0.2, -0.15) is 0 Å². The monoisotopic (exact) mass is 770 g/mol. The molecule has 0 bridgehead atoms. The number of hydrogen-bond acceptors (Lipinski definition) is 4. The summed E-state index contributed by atoms with van der Waals surface area (Å²) in [4.78, 5) is 39.1. The van der Waals surface area contributed by atoms with Crippen molar-refractivity contribution < 1.29 is 24.1 Å². The molecule has 57 heavy (non-hydrogen) atoms. The van der Waals surface area contributed by atoms with Crippen LogP contribution in [-0.2, 0) is 13.1 Å². The van der Waals surface area contributed by atoms with Crippen LogP contribution in [0.2, 0.25) is 0 Å². The average molecular weight is 771 g/mol. The van der Waals surface area contributed by atoms with Crippen LogP contribution in [-0.4, -0.2) is 31.8 Å². The summed E-state index contributed by atoms with van der Waals surface area (Å²) < 4.78 is 28.4. The fraction of sp³-hybridized carbons (Fsp3) is 0.149. The van der Waals surface area contributed by atoms with E-state index in [4.69, 9.17) is 0 Å². The van der Waals surface area contributed by atoms with E-state index in [1.807, 2.05) is 94.4 Å².